The first-order valence-corrected chi connectivity index (χ1v) is 9.41. The van der Waals surface area contributed by atoms with Crippen molar-refractivity contribution in [3.8, 4) is 5.75 Å². The molecule has 5 nitrogen and oxygen atoms in total. The Morgan fingerprint density at radius 2 is 1.74 bits per heavy atom. The third kappa shape index (κ3) is 6.89. The van der Waals surface area contributed by atoms with Crippen LogP contribution in [0.2, 0.25) is 0 Å². The number of ether oxygens (including phenoxy) is 1. The van der Waals surface area contributed by atoms with E-state index in [9.17, 15) is 13.5 Å². The summed E-state index contributed by atoms with van der Waals surface area (Å²) < 4.78 is 32.5. The second-order valence-electron chi connectivity index (χ2n) is 7.24. The lowest BCUT2D eigenvalue weighted by Crippen LogP contribution is -2.32. The number of benzene rings is 1. The molecule has 23 heavy (non-hydrogen) atoms. The van der Waals surface area contributed by atoms with Crippen LogP contribution in [0.4, 0.5) is 0 Å². The highest BCUT2D eigenvalue weighted by molar-refractivity contribution is 7.89. The van der Waals surface area contributed by atoms with E-state index in [0.29, 0.717) is 24.7 Å². The molecule has 1 aromatic rings. The van der Waals surface area contributed by atoms with Gasteiger partial charge in [-0.25, -0.2) is 13.1 Å². The van der Waals surface area contributed by atoms with E-state index in [4.69, 9.17) is 4.74 Å². The van der Waals surface area contributed by atoms with Crippen LogP contribution in [-0.4, -0.2) is 32.8 Å². The lowest BCUT2D eigenvalue weighted by molar-refractivity contribution is 0.0571. The van der Waals surface area contributed by atoms with Crippen molar-refractivity contribution in [1.82, 2.24) is 4.72 Å². The second kappa shape index (κ2) is 8.13. The van der Waals surface area contributed by atoms with Crippen molar-refractivity contribution in [2.45, 2.75) is 52.0 Å². The largest absolute Gasteiger partial charge is 0.493 e. The van der Waals surface area contributed by atoms with Crippen LogP contribution in [-0.2, 0) is 10.0 Å². The van der Waals surface area contributed by atoms with Gasteiger partial charge < -0.3 is 9.84 Å². The van der Waals surface area contributed by atoms with E-state index in [1.807, 2.05) is 20.8 Å². The second-order valence-corrected chi connectivity index (χ2v) is 9.01. The molecule has 0 amide bonds. The number of aliphatic hydroxyl groups is 1. The van der Waals surface area contributed by atoms with Crippen molar-refractivity contribution >= 4 is 10.0 Å². The summed E-state index contributed by atoms with van der Waals surface area (Å²) in [6, 6.07) is 6.36. The molecule has 132 valence electrons. The van der Waals surface area contributed by atoms with Crippen LogP contribution < -0.4 is 9.46 Å². The minimum Gasteiger partial charge on any atom is -0.493 e. The predicted molar refractivity (Wildman–Crippen MR) is 92.0 cm³/mol. The maximum Gasteiger partial charge on any atom is 0.240 e. The molecule has 0 aliphatic heterocycles. The van der Waals surface area contributed by atoms with Crippen molar-refractivity contribution in [1.29, 1.82) is 0 Å². The van der Waals surface area contributed by atoms with Gasteiger partial charge in [-0.2, -0.15) is 0 Å². The maximum absolute atomic E-state index is 12.2. The van der Waals surface area contributed by atoms with Gasteiger partial charge in [-0.05, 0) is 42.0 Å². The molecule has 1 unspecified atom stereocenters. The lowest BCUT2D eigenvalue weighted by atomic mass is 9.87. The molecule has 1 rings (SSSR count). The number of hydrogen-bond acceptors (Lipinski definition) is 4. The van der Waals surface area contributed by atoms with E-state index in [2.05, 4.69) is 18.6 Å². The minimum absolute atomic E-state index is 0.194. The fourth-order valence-electron chi connectivity index (χ4n) is 1.82. The molecule has 2 N–H and O–H groups in total. The number of sulfonamides is 1. The molecule has 0 aromatic heterocycles. The van der Waals surface area contributed by atoms with Crippen LogP contribution in [0.3, 0.4) is 0 Å². The number of nitrogens with one attached hydrogen (secondary N) is 1. The van der Waals surface area contributed by atoms with E-state index in [1.54, 1.807) is 12.1 Å². The predicted octanol–water partition coefficient (Wildman–Crippen LogP) is 2.80. The third-order valence-electron chi connectivity index (χ3n) is 3.43. The van der Waals surface area contributed by atoms with Crippen LogP contribution in [0.15, 0.2) is 29.2 Å². The molecule has 0 heterocycles. The van der Waals surface area contributed by atoms with Crippen LogP contribution in [0, 0.1) is 11.3 Å². The van der Waals surface area contributed by atoms with Crippen LogP contribution in [0.1, 0.15) is 41.0 Å². The molecule has 0 radical (unpaired) electrons. The number of rotatable bonds is 8. The van der Waals surface area contributed by atoms with Crippen LogP contribution in [0.5, 0.6) is 5.75 Å². The summed E-state index contributed by atoms with van der Waals surface area (Å²) in [5.41, 5.74) is -0.263. The Kier molecular flexibility index (Phi) is 7.04. The maximum atomic E-state index is 12.2. The topological polar surface area (TPSA) is 75.6 Å². The zero-order valence-electron chi connectivity index (χ0n) is 14.7. The molecule has 0 bridgehead atoms. The molecule has 0 aliphatic rings. The molecule has 0 saturated carbocycles. The first-order chi connectivity index (χ1) is 10.5. The summed E-state index contributed by atoms with van der Waals surface area (Å²) in [4.78, 5) is 0.194. The van der Waals surface area contributed by atoms with Gasteiger partial charge in [-0.3, -0.25) is 0 Å². The fourth-order valence-corrected chi connectivity index (χ4v) is 2.87. The van der Waals surface area contributed by atoms with Crippen LogP contribution in [0.25, 0.3) is 0 Å². The van der Waals surface area contributed by atoms with E-state index in [-0.39, 0.29) is 16.9 Å². The van der Waals surface area contributed by atoms with Gasteiger partial charge in [0.05, 0.1) is 17.6 Å². The van der Waals surface area contributed by atoms with E-state index in [0.717, 1.165) is 0 Å². The Bertz CT molecular complexity index is 574. The SMILES string of the molecule is CC(C)COc1ccc(S(=O)(=O)NCCC(O)C(C)(C)C)cc1. The molecule has 6 heteroatoms. The quantitative estimate of drug-likeness (QED) is 0.761. The Morgan fingerprint density at radius 3 is 2.22 bits per heavy atom. The normalized spacial score (nSPS) is 14.0. The van der Waals surface area contributed by atoms with Crippen molar-refractivity contribution in [2.24, 2.45) is 11.3 Å². The van der Waals surface area contributed by atoms with E-state index >= 15 is 0 Å². The van der Waals surface area contributed by atoms with Crippen molar-refractivity contribution in [3.63, 3.8) is 0 Å². The first kappa shape index (κ1) is 19.9. The fraction of sp³-hybridized carbons (Fsp3) is 0.647. The molecule has 0 fully saturated rings. The summed E-state index contributed by atoms with van der Waals surface area (Å²) in [5.74, 6) is 1.06. The van der Waals surface area contributed by atoms with E-state index in [1.165, 1.54) is 12.1 Å². The van der Waals surface area contributed by atoms with Gasteiger partial charge in [-0.15, -0.1) is 0 Å². The Hall–Kier alpha value is -1.11. The molecule has 0 spiro atoms. The summed E-state index contributed by atoms with van der Waals surface area (Å²) >= 11 is 0. The van der Waals surface area contributed by atoms with Gasteiger partial charge in [0.25, 0.3) is 0 Å². The van der Waals surface area contributed by atoms with Crippen LogP contribution >= 0.6 is 0 Å². The molecular formula is C17H29NO4S. The summed E-state index contributed by atoms with van der Waals surface area (Å²) in [7, 11) is -3.57. The average molecular weight is 343 g/mol. The van der Waals surface area contributed by atoms with Crippen molar-refractivity contribution in [2.75, 3.05) is 13.2 Å². The summed E-state index contributed by atoms with van der Waals surface area (Å²) in [5, 5.41) is 9.94. The smallest absolute Gasteiger partial charge is 0.240 e. The monoisotopic (exact) mass is 343 g/mol. The Balaban J connectivity index is 2.59. The Labute approximate surface area is 140 Å². The molecule has 1 atom stereocenters. The molecule has 0 aliphatic carbocycles. The van der Waals surface area contributed by atoms with Gasteiger partial charge in [-0.1, -0.05) is 34.6 Å². The van der Waals surface area contributed by atoms with Gasteiger partial charge in [0, 0.05) is 6.54 Å². The van der Waals surface area contributed by atoms with Gasteiger partial charge >= 0.3 is 0 Å². The zero-order valence-corrected chi connectivity index (χ0v) is 15.5. The minimum atomic E-state index is -3.57. The van der Waals surface area contributed by atoms with Crippen molar-refractivity contribution < 1.29 is 18.3 Å². The standard InChI is InChI=1S/C17H29NO4S/c1-13(2)12-22-14-6-8-15(9-7-14)23(20,21)18-11-10-16(19)17(3,4)5/h6-9,13,16,18-19H,10-12H2,1-5H3. The average Bonchev–Trinajstić information content (AvgIpc) is 2.44. The summed E-state index contributed by atoms with van der Waals surface area (Å²) in [6.07, 6.45) is -0.185. The van der Waals surface area contributed by atoms with Gasteiger partial charge in [0.1, 0.15) is 5.75 Å². The highest BCUT2D eigenvalue weighted by Crippen LogP contribution is 2.21. The molecule has 1 aromatic carbocycles. The highest BCUT2D eigenvalue weighted by Gasteiger charge is 2.22. The Morgan fingerprint density at radius 1 is 1.17 bits per heavy atom. The zero-order chi connectivity index (χ0) is 17.7. The third-order valence-corrected chi connectivity index (χ3v) is 4.90. The van der Waals surface area contributed by atoms with Crippen molar-refractivity contribution in [3.05, 3.63) is 24.3 Å². The van der Waals surface area contributed by atoms with Gasteiger partial charge in [0.15, 0.2) is 0 Å². The molecular weight excluding hydrogens is 314 g/mol. The number of aliphatic hydroxyl groups excluding tert-OH is 1. The summed E-state index contributed by atoms with van der Waals surface area (Å²) in [6.45, 7) is 10.6. The lowest BCUT2D eigenvalue weighted by Gasteiger charge is -2.25. The highest BCUT2D eigenvalue weighted by atomic mass is 32.2. The number of hydrogen-bond donors (Lipinski definition) is 2. The van der Waals surface area contributed by atoms with Gasteiger partial charge in [0.2, 0.25) is 10.0 Å². The molecule has 0 saturated heterocycles. The first-order valence-electron chi connectivity index (χ1n) is 7.93. The van der Waals surface area contributed by atoms with E-state index < -0.39 is 16.1 Å².